The molecule has 0 unspecified atom stereocenters. The first kappa shape index (κ1) is 17.2. The third-order valence-electron chi connectivity index (χ3n) is 8.72. The summed E-state index contributed by atoms with van der Waals surface area (Å²) in [5, 5.41) is 34.8. The minimum absolute atomic E-state index is 0.0256. The van der Waals surface area contributed by atoms with E-state index in [4.69, 9.17) is 9.47 Å². The summed E-state index contributed by atoms with van der Waals surface area (Å²) in [5.74, 6) is -0.302. The third kappa shape index (κ3) is 1.51. The van der Waals surface area contributed by atoms with E-state index in [1.54, 1.807) is 0 Å². The normalized spacial score (nSPS) is 55.0. The van der Waals surface area contributed by atoms with Gasteiger partial charge in [-0.3, -0.25) is 0 Å². The highest BCUT2D eigenvalue weighted by Gasteiger charge is 2.81. The summed E-state index contributed by atoms with van der Waals surface area (Å²) in [6.07, 6.45) is 0.789. The molecule has 7 atom stereocenters. The van der Waals surface area contributed by atoms with Crippen LogP contribution < -0.4 is 0 Å². The van der Waals surface area contributed by atoms with Crippen molar-refractivity contribution in [3.05, 3.63) is 11.1 Å². The van der Waals surface area contributed by atoms with Gasteiger partial charge in [0.2, 0.25) is 0 Å². The zero-order valence-corrected chi connectivity index (χ0v) is 15.6. The SMILES string of the molecule is CC(C)[C@]12CC[C@]3(O)[C@@](O)([C@@H](C[C@H]4C5=C(CC[C@@]43C)C(=O)OC5)O1)[C@@H]2O. The molecule has 0 aromatic carbocycles. The molecule has 6 heteroatoms. The number of hydrogen-bond donors (Lipinski definition) is 3. The summed E-state index contributed by atoms with van der Waals surface area (Å²) in [5.41, 5.74) is -2.87. The molecule has 0 amide bonds. The number of aliphatic hydroxyl groups excluding tert-OH is 1. The number of carbonyl (C=O) groups is 1. The molecule has 5 aliphatic rings. The summed E-state index contributed by atoms with van der Waals surface area (Å²) in [6, 6.07) is 0. The van der Waals surface area contributed by atoms with Gasteiger partial charge in [-0.25, -0.2) is 4.79 Å². The van der Waals surface area contributed by atoms with Gasteiger partial charge < -0.3 is 24.8 Å². The van der Waals surface area contributed by atoms with Crippen molar-refractivity contribution in [2.75, 3.05) is 6.61 Å². The van der Waals surface area contributed by atoms with E-state index in [2.05, 4.69) is 0 Å². The van der Waals surface area contributed by atoms with E-state index < -0.39 is 34.4 Å². The number of esters is 1. The number of hydrogen-bond acceptors (Lipinski definition) is 6. The Morgan fingerprint density at radius 3 is 2.62 bits per heavy atom. The minimum Gasteiger partial charge on any atom is -0.458 e. The lowest BCUT2D eigenvalue weighted by Gasteiger charge is -2.64. The van der Waals surface area contributed by atoms with Crippen LogP contribution in [0.15, 0.2) is 11.1 Å². The molecule has 0 spiro atoms. The maximum Gasteiger partial charge on any atom is 0.334 e. The van der Waals surface area contributed by atoms with Gasteiger partial charge in [0.25, 0.3) is 0 Å². The van der Waals surface area contributed by atoms with Crippen molar-refractivity contribution in [2.24, 2.45) is 17.3 Å². The number of cyclic esters (lactones) is 1. The highest BCUT2D eigenvalue weighted by atomic mass is 16.6. The predicted molar refractivity (Wildman–Crippen MR) is 91.0 cm³/mol. The molecule has 2 bridgehead atoms. The second kappa shape index (κ2) is 4.72. The molecule has 3 N–H and O–H groups in total. The number of fused-ring (bicyclic) bond motifs is 4. The van der Waals surface area contributed by atoms with Crippen LogP contribution in [0.5, 0.6) is 0 Å². The second-order valence-electron chi connectivity index (χ2n) is 9.59. The quantitative estimate of drug-likeness (QED) is 0.603. The maximum absolute atomic E-state index is 12.0. The zero-order chi connectivity index (χ0) is 18.7. The fourth-order valence-corrected chi connectivity index (χ4v) is 7.02. The van der Waals surface area contributed by atoms with Gasteiger partial charge >= 0.3 is 5.97 Å². The van der Waals surface area contributed by atoms with Gasteiger partial charge in [0.1, 0.15) is 23.9 Å². The molecule has 3 aliphatic carbocycles. The first-order valence-electron chi connectivity index (χ1n) is 9.81. The molecule has 26 heavy (non-hydrogen) atoms. The lowest BCUT2D eigenvalue weighted by molar-refractivity contribution is -0.298. The van der Waals surface area contributed by atoms with Crippen molar-refractivity contribution in [1.82, 2.24) is 0 Å². The molecule has 2 aliphatic heterocycles. The standard InChI is InChI=1S/C20H28O6/c1-10(2)18-6-7-19(23)17(3)5-4-11-12(9-25-15(11)21)13(17)8-14(26-18)20(19,24)16(18)22/h10,13-14,16,22-24H,4-9H2,1-3H3/t13-,14+,16+,17-,18-,19+,20+/m0/s1. The predicted octanol–water partition coefficient (Wildman–Crippen LogP) is 1.07. The molecule has 3 fully saturated rings. The number of rotatable bonds is 1. The van der Waals surface area contributed by atoms with Crippen LogP contribution >= 0.6 is 0 Å². The Balaban J connectivity index is 1.68. The fourth-order valence-electron chi connectivity index (χ4n) is 7.02. The van der Waals surface area contributed by atoms with Crippen molar-refractivity contribution >= 4 is 5.97 Å². The summed E-state index contributed by atoms with van der Waals surface area (Å²) in [4.78, 5) is 12.0. The molecule has 5 rings (SSSR count). The Labute approximate surface area is 153 Å². The van der Waals surface area contributed by atoms with Gasteiger partial charge in [-0.05, 0) is 49.5 Å². The average Bonchev–Trinajstić information content (AvgIpc) is 3.04. The zero-order valence-electron chi connectivity index (χ0n) is 15.6. The first-order chi connectivity index (χ1) is 12.1. The van der Waals surface area contributed by atoms with Crippen LogP contribution in [0.4, 0.5) is 0 Å². The number of carbonyl (C=O) groups excluding carboxylic acids is 1. The van der Waals surface area contributed by atoms with Crippen molar-refractivity contribution in [1.29, 1.82) is 0 Å². The van der Waals surface area contributed by atoms with Crippen molar-refractivity contribution in [2.45, 2.75) is 81.9 Å². The maximum atomic E-state index is 12.0. The Bertz CT molecular complexity index is 730. The summed E-state index contributed by atoms with van der Waals surface area (Å²) in [6.45, 7) is 6.26. The van der Waals surface area contributed by atoms with Crippen LogP contribution in [-0.4, -0.2) is 56.9 Å². The van der Waals surface area contributed by atoms with Crippen molar-refractivity contribution < 1.29 is 29.6 Å². The van der Waals surface area contributed by atoms with Crippen LogP contribution in [0.1, 0.15) is 52.9 Å². The fraction of sp³-hybridized carbons (Fsp3) is 0.850. The lowest BCUT2D eigenvalue weighted by Crippen LogP contribution is -2.78. The Kier molecular flexibility index (Phi) is 3.11. The van der Waals surface area contributed by atoms with E-state index in [9.17, 15) is 20.1 Å². The largest absolute Gasteiger partial charge is 0.458 e. The van der Waals surface area contributed by atoms with Crippen LogP contribution in [-0.2, 0) is 14.3 Å². The molecular weight excluding hydrogens is 336 g/mol. The molecule has 1 saturated heterocycles. The minimum atomic E-state index is -1.68. The average molecular weight is 364 g/mol. The van der Waals surface area contributed by atoms with Crippen molar-refractivity contribution in [3.63, 3.8) is 0 Å². The molecule has 0 aromatic rings. The van der Waals surface area contributed by atoms with E-state index in [0.717, 1.165) is 11.1 Å². The van der Waals surface area contributed by atoms with Gasteiger partial charge in [0.05, 0.1) is 11.7 Å². The Morgan fingerprint density at radius 2 is 1.92 bits per heavy atom. The molecule has 2 saturated carbocycles. The van der Waals surface area contributed by atoms with E-state index in [0.29, 0.717) is 32.1 Å². The van der Waals surface area contributed by atoms with E-state index in [-0.39, 0.29) is 24.4 Å². The van der Waals surface area contributed by atoms with Crippen LogP contribution in [0.3, 0.4) is 0 Å². The highest BCUT2D eigenvalue weighted by Crippen LogP contribution is 2.69. The van der Waals surface area contributed by atoms with E-state index in [1.165, 1.54) is 0 Å². The molecule has 6 nitrogen and oxygen atoms in total. The first-order valence-corrected chi connectivity index (χ1v) is 9.81. The van der Waals surface area contributed by atoms with Crippen molar-refractivity contribution in [3.8, 4) is 0 Å². The lowest BCUT2D eigenvalue weighted by atomic mass is 9.43. The monoisotopic (exact) mass is 364 g/mol. The Morgan fingerprint density at radius 1 is 1.19 bits per heavy atom. The molecule has 144 valence electrons. The van der Waals surface area contributed by atoms with Gasteiger partial charge in [-0.1, -0.05) is 20.8 Å². The summed E-state index contributed by atoms with van der Waals surface area (Å²) >= 11 is 0. The highest BCUT2D eigenvalue weighted by molar-refractivity contribution is 5.92. The number of ether oxygens (including phenoxy) is 2. The topological polar surface area (TPSA) is 96.2 Å². The molecule has 0 aromatic heterocycles. The van der Waals surface area contributed by atoms with Gasteiger partial charge in [0.15, 0.2) is 0 Å². The van der Waals surface area contributed by atoms with Gasteiger partial charge in [0, 0.05) is 11.0 Å². The summed E-state index contributed by atoms with van der Waals surface area (Å²) < 4.78 is 11.6. The van der Waals surface area contributed by atoms with Gasteiger partial charge in [-0.2, -0.15) is 0 Å². The second-order valence-corrected chi connectivity index (χ2v) is 9.59. The molecule has 2 heterocycles. The van der Waals surface area contributed by atoms with Crippen LogP contribution in [0, 0.1) is 17.3 Å². The number of aliphatic hydroxyl groups is 3. The van der Waals surface area contributed by atoms with Crippen LogP contribution in [0.2, 0.25) is 0 Å². The van der Waals surface area contributed by atoms with E-state index >= 15 is 0 Å². The molecule has 0 radical (unpaired) electrons. The van der Waals surface area contributed by atoms with Crippen LogP contribution in [0.25, 0.3) is 0 Å². The smallest absolute Gasteiger partial charge is 0.334 e. The van der Waals surface area contributed by atoms with Gasteiger partial charge in [-0.15, -0.1) is 0 Å². The molecular formula is C20H28O6. The third-order valence-corrected chi connectivity index (χ3v) is 8.72. The summed E-state index contributed by atoms with van der Waals surface area (Å²) in [7, 11) is 0. The Hall–Kier alpha value is -0.950. The van der Waals surface area contributed by atoms with E-state index in [1.807, 2.05) is 20.8 Å².